The van der Waals surface area contributed by atoms with Crippen molar-refractivity contribution in [1.82, 2.24) is 15.0 Å². The number of benzene rings is 9. The lowest BCUT2D eigenvalue weighted by Crippen LogP contribution is -2.25. The van der Waals surface area contributed by atoms with Crippen molar-refractivity contribution in [3.8, 4) is 66.6 Å². The van der Waals surface area contributed by atoms with Gasteiger partial charge in [-0.15, -0.1) is 11.3 Å². The molecule has 13 rings (SSSR count). The predicted molar refractivity (Wildman–Crippen MR) is 248 cm³/mol. The highest BCUT2D eigenvalue weighted by atomic mass is 32.1. The summed E-state index contributed by atoms with van der Waals surface area (Å²) in [5, 5.41) is 4.53. The first-order valence-corrected chi connectivity index (χ1v) is 21.3. The number of hydrogen-bond donors (Lipinski definition) is 0. The van der Waals surface area contributed by atoms with E-state index in [9.17, 15) is 0 Å². The maximum Gasteiger partial charge on any atom is 0.160 e. The second kappa shape index (κ2) is 12.7. The van der Waals surface area contributed by atoms with Crippen molar-refractivity contribution in [1.29, 1.82) is 0 Å². The third-order valence-corrected chi connectivity index (χ3v) is 13.8. The largest absolute Gasteiger partial charge is 0.235 e. The van der Waals surface area contributed by atoms with E-state index < -0.39 is 0 Å². The smallest absolute Gasteiger partial charge is 0.160 e. The Morgan fingerprint density at radius 1 is 0.367 bits per heavy atom. The lowest BCUT2D eigenvalue weighted by molar-refractivity contribution is 0.794. The minimum Gasteiger partial charge on any atom is -0.235 e. The summed E-state index contributed by atoms with van der Waals surface area (Å²) in [7, 11) is 0. The van der Waals surface area contributed by atoms with E-state index >= 15 is 0 Å². The highest BCUT2D eigenvalue weighted by Crippen LogP contribution is 2.63. The molecule has 60 heavy (non-hydrogen) atoms. The molecule has 2 aliphatic carbocycles. The van der Waals surface area contributed by atoms with Crippen LogP contribution in [0.2, 0.25) is 0 Å². The molecule has 0 saturated carbocycles. The van der Waals surface area contributed by atoms with E-state index in [1.165, 1.54) is 71.1 Å². The fraction of sp³-hybridized carbons (Fsp3) is 0.0179. The Balaban J connectivity index is 0.889. The first kappa shape index (κ1) is 33.4. The fourth-order valence-electron chi connectivity index (χ4n) is 10.2. The second-order valence-electron chi connectivity index (χ2n) is 15.8. The van der Waals surface area contributed by atoms with E-state index in [1.54, 1.807) is 11.3 Å². The SMILES string of the molecule is c1ccc2c(c1)-c1ccccc1C21c2ccccc2-c2c1ccc1sc(-c3ccc(-c4nc(-c5ccc(-c6cccc7ccccc67)cc5)c5ccccc5n4)cc3)nc21. The standard InChI is InChI=1S/C56H33N3S/c1-2-14-39-34(12-1)13-11-19-40(39)35-24-26-36(27-25-35)52-44-18-6-10-23-49(44)57-54(58-52)37-28-30-38(31-29-37)55-59-53-50(60-55)33-32-48-51(53)43-17-5-9-22-47(43)56(48)45-20-7-3-15-41(45)42-16-4-8-21-46(42)56/h1-33H. The molecule has 0 bridgehead atoms. The molecule has 0 amide bonds. The Kier molecular flexibility index (Phi) is 7.10. The molecule has 3 nitrogen and oxygen atoms in total. The number of nitrogens with zero attached hydrogens (tertiary/aromatic N) is 3. The topological polar surface area (TPSA) is 38.7 Å². The molecular weight excluding hydrogens is 747 g/mol. The third kappa shape index (κ3) is 4.68. The van der Waals surface area contributed by atoms with Crippen molar-refractivity contribution in [2.45, 2.75) is 5.41 Å². The molecular formula is C56H33N3S. The van der Waals surface area contributed by atoms with Crippen LogP contribution in [0.3, 0.4) is 0 Å². The van der Waals surface area contributed by atoms with Gasteiger partial charge in [0.05, 0.1) is 26.8 Å². The van der Waals surface area contributed by atoms with Crippen LogP contribution in [0.4, 0.5) is 0 Å². The van der Waals surface area contributed by atoms with Crippen LogP contribution >= 0.6 is 11.3 Å². The molecule has 9 aromatic carbocycles. The Labute approximate surface area is 351 Å². The molecule has 278 valence electrons. The first-order chi connectivity index (χ1) is 29.7. The van der Waals surface area contributed by atoms with Gasteiger partial charge in [0, 0.05) is 27.6 Å². The van der Waals surface area contributed by atoms with Gasteiger partial charge in [0.15, 0.2) is 5.82 Å². The van der Waals surface area contributed by atoms with Gasteiger partial charge in [-0.1, -0.05) is 188 Å². The quantitative estimate of drug-likeness (QED) is 0.179. The van der Waals surface area contributed by atoms with E-state index in [4.69, 9.17) is 15.0 Å². The average molecular weight is 780 g/mol. The molecule has 0 atom stereocenters. The van der Waals surface area contributed by atoms with Crippen molar-refractivity contribution in [2.75, 3.05) is 0 Å². The maximum atomic E-state index is 5.45. The summed E-state index contributed by atoms with van der Waals surface area (Å²) in [6.07, 6.45) is 0. The summed E-state index contributed by atoms with van der Waals surface area (Å²) >= 11 is 1.75. The van der Waals surface area contributed by atoms with Gasteiger partial charge < -0.3 is 0 Å². The molecule has 1 spiro atoms. The van der Waals surface area contributed by atoms with Crippen molar-refractivity contribution in [2.24, 2.45) is 0 Å². The van der Waals surface area contributed by atoms with Crippen LogP contribution in [0.1, 0.15) is 22.3 Å². The molecule has 0 aliphatic heterocycles. The van der Waals surface area contributed by atoms with Crippen LogP contribution in [0, 0.1) is 0 Å². The van der Waals surface area contributed by atoms with Gasteiger partial charge in [-0.05, 0) is 73.0 Å². The van der Waals surface area contributed by atoms with E-state index in [2.05, 4.69) is 194 Å². The van der Waals surface area contributed by atoms with Crippen LogP contribution in [0.25, 0.3) is 98.5 Å². The van der Waals surface area contributed by atoms with Gasteiger partial charge in [-0.25, -0.2) is 15.0 Å². The van der Waals surface area contributed by atoms with E-state index in [1.807, 2.05) is 6.07 Å². The zero-order chi connectivity index (χ0) is 39.4. The first-order valence-electron chi connectivity index (χ1n) is 20.4. The zero-order valence-corrected chi connectivity index (χ0v) is 33.1. The van der Waals surface area contributed by atoms with Gasteiger partial charge in [0.25, 0.3) is 0 Å². The predicted octanol–water partition coefficient (Wildman–Crippen LogP) is 14.4. The molecule has 2 aromatic heterocycles. The number of para-hydroxylation sites is 1. The lowest BCUT2D eigenvalue weighted by atomic mass is 9.70. The summed E-state index contributed by atoms with van der Waals surface area (Å²) in [4.78, 5) is 15.8. The summed E-state index contributed by atoms with van der Waals surface area (Å²) < 4.78 is 1.19. The van der Waals surface area contributed by atoms with Crippen LogP contribution in [0.5, 0.6) is 0 Å². The van der Waals surface area contributed by atoms with Gasteiger partial charge in [0.1, 0.15) is 5.01 Å². The molecule has 0 fully saturated rings. The van der Waals surface area contributed by atoms with Crippen LogP contribution in [0.15, 0.2) is 200 Å². The Morgan fingerprint density at radius 3 is 1.70 bits per heavy atom. The summed E-state index contributed by atoms with van der Waals surface area (Å²) in [5.41, 5.74) is 18.5. The normalized spacial score (nSPS) is 13.1. The van der Waals surface area contributed by atoms with Gasteiger partial charge in [0.2, 0.25) is 0 Å². The number of hydrogen-bond acceptors (Lipinski definition) is 4. The van der Waals surface area contributed by atoms with E-state index in [0.29, 0.717) is 5.82 Å². The summed E-state index contributed by atoms with van der Waals surface area (Å²) in [5.74, 6) is 0.703. The van der Waals surface area contributed by atoms with Gasteiger partial charge >= 0.3 is 0 Å². The van der Waals surface area contributed by atoms with Gasteiger partial charge in [-0.3, -0.25) is 0 Å². The number of thiazole rings is 1. The maximum absolute atomic E-state index is 5.45. The number of fused-ring (bicyclic) bond motifs is 14. The van der Waals surface area contributed by atoms with Crippen molar-refractivity contribution in [3.05, 3.63) is 222 Å². The molecule has 4 heteroatoms. The Morgan fingerprint density at radius 2 is 0.933 bits per heavy atom. The molecule has 2 heterocycles. The molecule has 0 radical (unpaired) electrons. The zero-order valence-electron chi connectivity index (χ0n) is 32.3. The minimum atomic E-state index is -0.379. The second-order valence-corrected chi connectivity index (χ2v) is 16.9. The lowest BCUT2D eigenvalue weighted by Gasteiger charge is -2.30. The minimum absolute atomic E-state index is 0.379. The van der Waals surface area contributed by atoms with Crippen LogP contribution in [-0.4, -0.2) is 15.0 Å². The summed E-state index contributed by atoms with van der Waals surface area (Å²) in [6.45, 7) is 0. The Hall–Kier alpha value is -7.53. The number of rotatable bonds is 4. The third-order valence-electron chi connectivity index (χ3n) is 12.8. The fourth-order valence-corrected chi connectivity index (χ4v) is 11.1. The van der Waals surface area contributed by atoms with Crippen molar-refractivity contribution < 1.29 is 0 Å². The molecule has 0 N–H and O–H groups in total. The molecule has 0 unspecified atom stereocenters. The monoisotopic (exact) mass is 779 g/mol. The summed E-state index contributed by atoms with van der Waals surface area (Å²) in [6, 6.07) is 72.3. The van der Waals surface area contributed by atoms with Crippen LogP contribution < -0.4 is 0 Å². The van der Waals surface area contributed by atoms with Crippen molar-refractivity contribution >= 4 is 43.2 Å². The highest BCUT2D eigenvalue weighted by Gasteiger charge is 2.52. The molecule has 0 saturated heterocycles. The number of aromatic nitrogens is 3. The average Bonchev–Trinajstić information content (AvgIpc) is 3.98. The molecule has 2 aliphatic rings. The molecule has 11 aromatic rings. The van der Waals surface area contributed by atoms with E-state index in [-0.39, 0.29) is 5.41 Å². The highest BCUT2D eigenvalue weighted by molar-refractivity contribution is 7.21. The Bertz CT molecular complexity index is 3490. The van der Waals surface area contributed by atoms with Crippen molar-refractivity contribution in [3.63, 3.8) is 0 Å². The van der Waals surface area contributed by atoms with Crippen LogP contribution in [-0.2, 0) is 5.41 Å². The van der Waals surface area contributed by atoms with E-state index in [0.717, 1.165) is 43.8 Å². The van der Waals surface area contributed by atoms with Gasteiger partial charge in [-0.2, -0.15) is 0 Å².